The van der Waals surface area contributed by atoms with Crippen molar-refractivity contribution in [3.8, 4) is 0 Å². The number of hydrogen-bond donors (Lipinski definition) is 1. The van der Waals surface area contributed by atoms with E-state index in [0.29, 0.717) is 11.3 Å². The lowest BCUT2D eigenvalue weighted by molar-refractivity contribution is -0.384. The molecule has 0 aromatic heterocycles. The second-order valence-corrected chi connectivity index (χ2v) is 10.9. The van der Waals surface area contributed by atoms with Crippen molar-refractivity contribution in [2.45, 2.75) is 56.4 Å². The van der Waals surface area contributed by atoms with Gasteiger partial charge in [-0.25, -0.2) is 8.42 Å². The van der Waals surface area contributed by atoms with Crippen molar-refractivity contribution in [2.24, 2.45) is 0 Å². The van der Waals surface area contributed by atoms with Gasteiger partial charge in [-0.15, -0.1) is 0 Å². The first-order valence-electron chi connectivity index (χ1n) is 10.7. The monoisotopic (exact) mass is 445 g/mol. The lowest BCUT2D eigenvalue weighted by Crippen LogP contribution is -2.46. The Morgan fingerprint density at radius 1 is 1.10 bits per heavy atom. The van der Waals surface area contributed by atoms with Crippen molar-refractivity contribution in [3.05, 3.63) is 69.8 Å². The number of nitro benzene ring substituents is 1. The molecule has 168 valence electrons. The van der Waals surface area contributed by atoms with Crippen molar-refractivity contribution >= 4 is 15.7 Å². The second kappa shape index (κ2) is 9.46. The molecule has 0 bridgehead atoms. The van der Waals surface area contributed by atoms with Gasteiger partial charge in [0.25, 0.3) is 5.69 Å². The number of piperidine rings is 1. The normalized spacial score (nSPS) is 15.9. The summed E-state index contributed by atoms with van der Waals surface area (Å²) in [5, 5.41) is 14.4. The number of nitro groups is 1. The fourth-order valence-electron chi connectivity index (χ4n) is 3.92. The molecule has 1 heterocycles. The molecule has 31 heavy (non-hydrogen) atoms. The van der Waals surface area contributed by atoms with Crippen LogP contribution in [0, 0.1) is 10.1 Å². The fourth-order valence-corrected chi connectivity index (χ4v) is 5.65. The van der Waals surface area contributed by atoms with E-state index in [1.54, 1.807) is 34.6 Å². The molecule has 0 radical (unpaired) electrons. The second-order valence-electron chi connectivity index (χ2n) is 9.05. The summed E-state index contributed by atoms with van der Waals surface area (Å²) in [6, 6.07) is 13.5. The van der Waals surface area contributed by atoms with E-state index in [1.807, 2.05) is 6.07 Å². The Hall–Kier alpha value is -2.29. The molecule has 1 saturated heterocycles. The topological polar surface area (TPSA) is 92.5 Å². The van der Waals surface area contributed by atoms with Crippen LogP contribution in [0.2, 0.25) is 0 Å². The molecule has 2 aromatic carbocycles. The molecular formula is C23H31N3O4S. The highest BCUT2D eigenvalue weighted by Crippen LogP contribution is 2.28. The Kier molecular flexibility index (Phi) is 7.13. The highest BCUT2D eigenvalue weighted by Gasteiger charge is 2.32. The Morgan fingerprint density at radius 2 is 1.77 bits per heavy atom. The van der Waals surface area contributed by atoms with Crippen molar-refractivity contribution in [2.75, 3.05) is 19.6 Å². The molecule has 0 unspecified atom stereocenters. The van der Waals surface area contributed by atoms with Gasteiger partial charge in [-0.05, 0) is 61.0 Å². The van der Waals surface area contributed by atoms with Crippen LogP contribution in [-0.2, 0) is 21.9 Å². The van der Waals surface area contributed by atoms with E-state index in [2.05, 4.69) is 26.1 Å². The van der Waals surface area contributed by atoms with Gasteiger partial charge < -0.3 is 5.32 Å². The van der Waals surface area contributed by atoms with E-state index in [4.69, 9.17) is 0 Å². The highest BCUT2D eigenvalue weighted by atomic mass is 32.2. The summed E-state index contributed by atoms with van der Waals surface area (Å²) in [5.74, 6) is 0. The number of benzene rings is 2. The van der Waals surface area contributed by atoms with Crippen LogP contribution in [0.25, 0.3) is 0 Å². The third-order valence-electron chi connectivity index (χ3n) is 5.76. The fraction of sp³-hybridized carbons (Fsp3) is 0.478. The summed E-state index contributed by atoms with van der Waals surface area (Å²) in [5.41, 5.74) is 1.59. The summed E-state index contributed by atoms with van der Waals surface area (Å²) < 4.78 is 29.0. The quantitative estimate of drug-likeness (QED) is 0.516. The number of non-ortho nitro benzene ring substituents is 1. The minimum absolute atomic E-state index is 0.0200. The molecule has 3 rings (SSSR count). The molecule has 1 aliphatic rings. The van der Waals surface area contributed by atoms with Crippen LogP contribution in [0.1, 0.15) is 44.7 Å². The number of sulfonamides is 1. The molecule has 8 heteroatoms. The maximum absolute atomic E-state index is 13.7. The number of hydrogen-bond acceptors (Lipinski definition) is 5. The summed E-state index contributed by atoms with van der Waals surface area (Å²) in [4.78, 5) is 11.0. The molecule has 7 nitrogen and oxygen atoms in total. The van der Waals surface area contributed by atoms with Crippen molar-refractivity contribution in [3.63, 3.8) is 0 Å². The number of nitrogens with one attached hydrogen (secondary N) is 1. The average Bonchev–Trinajstić information content (AvgIpc) is 2.74. The van der Waals surface area contributed by atoms with Crippen LogP contribution >= 0.6 is 0 Å². The lowest BCUT2D eigenvalue weighted by Gasteiger charge is -2.34. The van der Waals surface area contributed by atoms with Crippen molar-refractivity contribution in [1.82, 2.24) is 9.62 Å². The highest BCUT2D eigenvalue weighted by molar-refractivity contribution is 7.89. The van der Waals surface area contributed by atoms with Crippen LogP contribution in [0.3, 0.4) is 0 Å². The lowest BCUT2D eigenvalue weighted by atomic mass is 9.87. The van der Waals surface area contributed by atoms with E-state index in [9.17, 15) is 18.5 Å². The van der Waals surface area contributed by atoms with Gasteiger partial charge in [-0.1, -0.05) is 45.0 Å². The maximum atomic E-state index is 13.7. The summed E-state index contributed by atoms with van der Waals surface area (Å²) in [7, 11) is -3.71. The molecule has 0 aliphatic carbocycles. The SMILES string of the molecule is CC(C)(C)c1cccc(S(=O)(=O)N(CCc2cccc([N+](=O)[O-])c2)C2CCNCC2)c1. The number of rotatable bonds is 7. The van der Waals surface area contributed by atoms with Gasteiger partial charge >= 0.3 is 0 Å². The molecule has 0 spiro atoms. The van der Waals surface area contributed by atoms with Gasteiger partial charge in [-0.3, -0.25) is 10.1 Å². The zero-order chi connectivity index (χ0) is 22.6. The minimum Gasteiger partial charge on any atom is -0.317 e. The molecule has 1 N–H and O–H groups in total. The van der Waals surface area contributed by atoms with E-state index in [-0.39, 0.29) is 23.7 Å². The zero-order valence-electron chi connectivity index (χ0n) is 18.4. The van der Waals surface area contributed by atoms with E-state index >= 15 is 0 Å². The molecule has 0 amide bonds. The molecular weight excluding hydrogens is 414 g/mol. The van der Waals surface area contributed by atoms with E-state index in [1.165, 1.54) is 12.1 Å². The van der Waals surface area contributed by atoms with E-state index < -0.39 is 14.9 Å². The molecule has 1 fully saturated rings. The smallest absolute Gasteiger partial charge is 0.269 e. The van der Waals surface area contributed by atoms with Crippen LogP contribution in [0.5, 0.6) is 0 Å². The Balaban J connectivity index is 1.91. The molecule has 0 atom stereocenters. The van der Waals surface area contributed by atoms with Crippen molar-refractivity contribution in [1.29, 1.82) is 0 Å². The van der Waals surface area contributed by atoms with Crippen LogP contribution < -0.4 is 5.32 Å². The predicted molar refractivity (Wildman–Crippen MR) is 122 cm³/mol. The molecule has 1 aliphatic heterocycles. The first-order chi connectivity index (χ1) is 14.6. The summed E-state index contributed by atoms with van der Waals surface area (Å²) in [6.45, 7) is 8.02. The van der Waals surface area contributed by atoms with Gasteiger partial charge in [0.15, 0.2) is 0 Å². The van der Waals surface area contributed by atoms with Crippen LogP contribution in [0.4, 0.5) is 5.69 Å². The van der Waals surface area contributed by atoms with Crippen LogP contribution in [0.15, 0.2) is 53.4 Å². The minimum atomic E-state index is -3.71. The average molecular weight is 446 g/mol. The van der Waals surface area contributed by atoms with Gasteiger partial charge in [0, 0.05) is 24.7 Å². The summed E-state index contributed by atoms with van der Waals surface area (Å²) >= 11 is 0. The third-order valence-corrected chi connectivity index (χ3v) is 7.71. The van der Waals surface area contributed by atoms with Gasteiger partial charge in [0.05, 0.1) is 9.82 Å². The van der Waals surface area contributed by atoms with Crippen LogP contribution in [-0.4, -0.2) is 43.3 Å². The first kappa shape index (κ1) is 23.4. The van der Waals surface area contributed by atoms with Gasteiger partial charge in [0.2, 0.25) is 10.0 Å². The third kappa shape index (κ3) is 5.70. The molecule has 2 aromatic rings. The molecule has 0 saturated carbocycles. The number of nitrogens with zero attached hydrogens (tertiary/aromatic N) is 2. The Labute approximate surface area is 184 Å². The Morgan fingerprint density at radius 3 is 2.42 bits per heavy atom. The van der Waals surface area contributed by atoms with Gasteiger partial charge in [0.1, 0.15) is 0 Å². The maximum Gasteiger partial charge on any atom is 0.269 e. The standard InChI is InChI=1S/C23H31N3O4S/c1-23(2,3)19-7-5-9-22(17-19)31(29,30)25(20-10-13-24-14-11-20)15-12-18-6-4-8-21(16-18)26(27)28/h4-9,16-17,20,24H,10-15H2,1-3H3. The first-order valence-corrected chi connectivity index (χ1v) is 12.1. The van der Waals surface area contributed by atoms with Crippen molar-refractivity contribution < 1.29 is 13.3 Å². The van der Waals surface area contributed by atoms with E-state index in [0.717, 1.165) is 37.1 Å². The largest absolute Gasteiger partial charge is 0.317 e. The zero-order valence-corrected chi connectivity index (χ0v) is 19.2. The summed E-state index contributed by atoms with van der Waals surface area (Å²) in [6.07, 6.45) is 1.91. The van der Waals surface area contributed by atoms with Gasteiger partial charge in [-0.2, -0.15) is 4.31 Å². The Bertz CT molecular complexity index is 1030. The predicted octanol–water partition coefficient (Wildman–Crippen LogP) is 3.88.